The summed E-state index contributed by atoms with van der Waals surface area (Å²) in [4.78, 5) is 12.1. The Morgan fingerprint density at radius 2 is 1.78 bits per heavy atom. The molecule has 0 atom stereocenters. The van der Waals surface area contributed by atoms with Gasteiger partial charge in [0.1, 0.15) is 0 Å². The smallest absolute Gasteiger partial charge is 0.194 e. The van der Waals surface area contributed by atoms with Crippen molar-refractivity contribution >= 4 is 33.3 Å². The van der Waals surface area contributed by atoms with Crippen molar-refractivity contribution in [3.63, 3.8) is 0 Å². The van der Waals surface area contributed by atoms with Gasteiger partial charge in [0.15, 0.2) is 17.4 Å². The van der Waals surface area contributed by atoms with Crippen LogP contribution < -0.4 is 0 Å². The Morgan fingerprint density at radius 1 is 1.06 bits per heavy atom. The van der Waals surface area contributed by atoms with Crippen LogP contribution in [0.3, 0.4) is 0 Å². The first kappa shape index (κ1) is 13.2. The molecule has 0 amide bonds. The molecule has 0 aliphatic rings. The molecule has 0 radical (unpaired) electrons. The minimum absolute atomic E-state index is 0.0805. The van der Waals surface area contributed by atoms with Gasteiger partial charge in [0, 0.05) is 20.6 Å². The van der Waals surface area contributed by atoms with Gasteiger partial charge in [-0.15, -0.1) is 0 Å². The van der Waals surface area contributed by atoms with Gasteiger partial charge < -0.3 is 0 Å². The van der Waals surface area contributed by atoms with Crippen molar-refractivity contribution in [2.24, 2.45) is 0 Å². The van der Waals surface area contributed by atoms with Crippen LogP contribution in [0.25, 0.3) is 0 Å². The molecular weight excluding hydrogens is 325 g/mol. The molecule has 0 N–H and O–H groups in total. The second-order valence-electron chi connectivity index (χ2n) is 3.58. The molecule has 0 aromatic heterocycles. The lowest BCUT2D eigenvalue weighted by molar-refractivity contribution is 0.103. The van der Waals surface area contributed by atoms with Crippen molar-refractivity contribution in [3.05, 3.63) is 68.7 Å². The van der Waals surface area contributed by atoms with Gasteiger partial charge in [0.05, 0.1) is 0 Å². The zero-order valence-corrected chi connectivity index (χ0v) is 11.2. The maximum atomic E-state index is 13.1. The summed E-state index contributed by atoms with van der Waals surface area (Å²) in [6.45, 7) is 0. The molecule has 0 spiro atoms. The fourth-order valence-electron chi connectivity index (χ4n) is 1.47. The second kappa shape index (κ2) is 5.16. The van der Waals surface area contributed by atoms with E-state index in [9.17, 15) is 13.6 Å². The Balaban J connectivity index is 2.44. The highest BCUT2D eigenvalue weighted by atomic mass is 79.9. The van der Waals surface area contributed by atoms with Gasteiger partial charge in [-0.05, 0) is 52.3 Å². The summed E-state index contributed by atoms with van der Waals surface area (Å²) in [7, 11) is 0. The highest BCUT2D eigenvalue weighted by Gasteiger charge is 2.14. The number of carbonyl (C=O) groups excluding carboxylic acids is 1. The lowest BCUT2D eigenvalue weighted by atomic mass is 10.0. The van der Waals surface area contributed by atoms with E-state index < -0.39 is 17.4 Å². The molecular formula is C13H6BrClF2O. The first-order valence-electron chi connectivity index (χ1n) is 4.94. The molecule has 92 valence electrons. The average molecular weight is 332 g/mol. The number of rotatable bonds is 2. The van der Waals surface area contributed by atoms with Gasteiger partial charge in [-0.25, -0.2) is 8.78 Å². The molecule has 0 saturated carbocycles. The molecule has 0 heterocycles. The summed E-state index contributed by atoms with van der Waals surface area (Å²) in [6, 6.07) is 7.68. The number of carbonyl (C=O) groups is 1. The Hall–Kier alpha value is -1.26. The molecule has 0 aliphatic carbocycles. The first-order valence-corrected chi connectivity index (χ1v) is 6.11. The van der Waals surface area contributed by atoms with E-state index in [2.05, 4.69) is 15.9 Å². The van der Waals surface area contributed by atoms with Crippen LogP contribution in [0.4, 0.5) is 8.78 Å². The monoisotopic (exact) mass is 330 g/mol. The second-order valence-corrected chi connectivity index (χ2v) is 4.87. The molecule has 0 unspecified atom stereocenters. The molecule has 0 fully saturated rings. The molecule has 2 aromatic carbocycles. The molecule has 18 heavy (non-hydrogen) atoms. The third kappa shape index (κ3) is 2.60. The Bertz CT molecular complexity index is 628. The third-order valence-corrected chi connectivity index (χ3v) is 3.25. The van der Waals surface area contributed by atoms with E-state index in [1.54, 1.807) is 12.1 Å². The van der Waals surface area contributed by atoms with E-state index in [0.29, 0.717) is 15.1 Å². The SMILES string of the molecule is O=C(c1ccc(F)c(F)c1)c1ccc(Cl)cc1Br. The van der Waals surface area contributed by atoms with Crippen molar-refractivity contribution in [1.29, 1.82) is 0 Å². The predicted molar refractivity (Wildman–Crippen MR) is 68.9 cm³/mol. The highest BCUT2D eigenvalue weighted by molar-refractivity contribution is 9.10. The summed E-state index contributed by atoms with van der Waals surface area (Å²) in [5, 5.41) is 0.476. The van der Waals surface area contributed by atoms with Crippen molar-refractivity contribution in [2.75, 3.05) is 0 Å². The number of hydrogen-bond acceptors (Lipinski definition) is 1. The molecule has 0 aliphatic heterocycles. The third-order valence-electron chi connectivity index (χ3n) is 2.36. The van der Waals surface area contributed by atoms with Gasteiger partial charge >= 0.3 is 0 Å². The van der Waals surface area contributed by atoms with E-state index in [4.69, 9.17) is 11.6 Å². The van der Waals surface area contributed by atoms with Crippen LogP contribution in [-0.4, -0.2) is 5.78 Å². The zero-order valence-electron chi connectivity index (χ0n) is 8.88. The largest absolute Gasteiger partial charge is 0.289 e. The zero-order chi connectivity index (χ0) is 13.3. The van der Waals surface area contributed by atoms with Gasteiger partial charge in [-0.3, -0.25) is 4.79 Å². The van der Waals surface area contributed by atoms with E-state index >= 15 is 0 Å². The van der Waals surface area contributed by atoms with Crippen molar-refractivity contribution in [1.82, 2.24) is 0 Å². The van der Waals surface area contributed by atoms with Crippen LogP contribution in [0.15, 0.2) is 40.9 Å². The number of hydrogen-bond donors (Lipinski definition) is 0. The van der Waals surface area contributed by atoms with Crippen molar-refractivity contribution in [3.8, 4) is 0 Å². The molecule has 2 aromatic rings. The van der Waals surface area contributed by atoms with Gasteiger partial charge in [-0.2, -0.15) is 0 Å². The Morgan fingerprint density at radius 3 is 2.39 bits per heavy atom. The minimum atomic E-state index is -1.05. The summed E-state index contributed by atoms with van der Waals surface area (Å²) < 4.78 is 26.3. The van der Waals surface area contributed by atoms with Crippen molar-refractivity contribution in [2.45, 2.75) is 0 Å². The van der Waals surface area contributed by atoms with Crippen LogP contribution in [0, 0.1) is 11.6 Å². The molecule has 0 saturated heterocycles. The number of benzene rings is 2. The first-order chi connectivity index (χ1) is 8.49. The lowest BCUT2D eigenvalue weighted by Crippen LogP contribution is -2.03. The van der Waals surface area contributed by atoms with Crippen LogP contribution in [-0.2, 0) is 0 Å². The topological polar surface area (TPSA) is 17.1 Å². The summed E-state index contributed by atoms with van der Waals surface area (Å²) in [6.07, 6.45) is 0. The fraction of sp³-hybridized carbons (Fsp3) is 0. The maximum absolute atomic E-state index is 13.1. The molecule has 2 rings (SSSR count). The van der Waals surface area contributed by atoms with E-state index in [-0.39, 0.29) is 5.56 Å². The number of halogens is 4. The van der Waals surface area contributed by atoms with Gasteiger partial charge in [0.2, 0.25) is 0 Å². The quantitative estimate of drug-likeness (QED) is 0.734. The summed E-state index contributed by atoms with van der Waals surface area (Å²) >= 11 is 8.97. The number of ketones is 1. The fourth-order valence-corrected chi connectivity index (χ4v) is 2.33. The van der Waals surface area contributed by atoms with E-state index in [0.717, 1.165) is 12.1 Å². The van der Waals surface area contributed by atoms with Crippen LogP contribution in [0.1, 0.15) is 15.9 Å². The summed E-state index contributed by atoms with van der Waals surface area (Å²) in [5.41, 5.74) is 0.419. The van der Waals surface area contributed by atoms with E-state index in [1.165, 1.54) is 12.1 Å². The van der Waals surface area contributed by atoms with Crippen molar-refractivity contribution < 1.29 is 13.6 Å². The summed E-state index contributed by atoms with van der Waals surface area (Å²) in [5.74, 6) is -2.44. The Kier molecular flexibility index (Phi) is 3.78. The van der Waals surface area contributed by atoms with Crippen LogP contribution in [0.5, 0.6) is 0 Å². The molecule has 5 heteroatoms. The highest BCUT2D eigenvalue weighted by Crippen LogP contribution is 2.24. The average Bonchev–Trinajstić information content (AvgIpc) is 2.32. The van der Waals surface area contributed by atoms with Crippen LogP contribution in [0.2, 0.25) is 5.02 Å². The van der Waals surface area contributed by atoms with Gasteiger partial charge in [-0.1, -0.05) is 11.6 Å². The van der Waals surface area contributed by atoms with Gasteiger partial charge in [0.25, 0.3) is 0 Å². The molecule has 0 bridgehead atoms. The maximum Gasteiger partial charge on any atom is 0.194 e. The van der Waals surface area contributed by atoms with Crippen LogP contribution >= 0.6 is 27.5 Å². The standard InChI is InChI=1S/C13H6BrClF2O/c14-10-6-8(15)2-3-9(10)13(18)7-1-4-11(16)12(17)5-7/h1-6H. The lowest BCUT2D eigenvalue weighted by Gasteiger charge is -2.05. The minimum Gasteiger partial charge on any atom is -0.289 e. The molecule has 1 nitrogen and oxygen atoms in total. The van der Waals surface area contributed by atoms with E-state index in [1.807, 2.05) is 0 Å². The normalized spacial score (nSPS) is 10.4. The predicted octanol–water partition coefficient (Wildman–Crippen LogP) is 4.61. The Labute approximate surface area is 116 Å².